The predicted molar refractivity (Wildman–Crippen MR) is 87.8 cm³/mol. The van der Waals surface area contributed by atoms with E-state index in [1.807, 2.05) is 0 Å². The average molecular weight is 349 g/mol. The van der Waals surface area contributed by atoms with E-state index in [4.69, 9.17) is 10.5 Å². The van der Waals surface area contributed by atoms with Crippen molar-refractivity contribution in [3.63, 3.8) is 0 Å². The molecule has 0 aromatic carbocycles. The third-order valence-corrected chi connectivity index (χ3v) is 4.69. The Labute approximate surface area is 143 Å². The van der Waals surface area contributed by atoms with Gasteiger partial charge in [-0.1, -0.05) is 6.92 Å². The van der Waals surface area contributed by atoms with E-state index in [9.17, 15) is 9.59 Å². The Morgan fingerprint density at radius 2 is 2.38 bits per heavy atom. The van der Waals surface area contributed by atoms with Crippen LogP contribution in [0.5, 0.6) is 0 Å². The summed E-state index contributed by atoms with van der Waals surface area (Å²) in [5.74, 6) is 0.725. The van der Waals surface area contributed by atoms with Crippen molar-refractivity contribution in [1.29, 1.82) is 0 Å². The maximum absolute atomic E-state index is 12.6. The van der Waals surface area contributed by atoms with Crippen LogP contribution in [0.2, 0.25) is 0 Å². The van der Waals surface area contributed by atoms with Gasteiger partial charge in [-0.05, 0) is 12.5 Å². The Hall–Kier alpha value is -2.26. The summed E-state index contributed by atoms with van der Waals surface area (Å²) in [7, 11) is 0. The first kappa shape index (κ1) is 16.6. The molecule has 2 aromatic heterocycles. The first-order valence-electron chi connectivity index (χ1n) is 7.79. The number of aryl methyl sites for hydroxylation is 1. The third kappa shape index (κ3) is 3.46. The van der Waals surface area contributed by atoms with Gasteiger partial charge in [-0.3, -0.25) is 14.7 Å². The lowest BCUT2D eigenvalue weighted by molar-refractivity contribution is -0.0265. The molecule has 128 valence electrons. The molecule has 0 spiro atoms. The number of ether oxygens (including phenoxy) is 1. The fraction of sp³-hybridized carbons (Fsp3) is 0.467. The molecule has 1 aliphatic rings. The third-order valence-electron chi connectivity index (χ3n) is 3.77. The molecule has 1 aliphatic heterocycles. The number of H-pyrrole nitrogens is 1. The number of nitrogens with one attached hydrogen (secondary N) is 1. The van der Waals surface area contributed by atoms with E-state index in [1.54, 1.807) is 10.3 Å². The molecule has 0 bridgehead atoms. The summed E-state index contributed by atoms with van der Waals surface area (Å²) in [6, 6.07) is 1.53. The van der Waals surface area contributed by atoms with Crippen LogP contribution < -0.4 is 5.73 Å². The van der Waals surface area contributed by atoms with Crippen LogP contribution in [-0.4, -0.2) is 51.6 Å². The van der Waals surface area contributed by atoms with Gasteiger partial charge in [0.15, 0.2) is 5.82 Å². The van der Waals surface area contributed by atoms with Gasteiger partial charge < -0.3 is 15.4 Å². The molecule has 3 N–H and O–H groups in total. The lowest BCUT2D eigenvalue weighted by Crippen LogP contribution is -2.42. The van der Waals surface area contributed by atoms with Crippen molar-refractivity contribution < 1.29 is 14.3 Å². The van der Waals surface area contributed by atoms with Crippen molar-refractivity contribution >= 4 is 23.2 Å². The molecule has 1 atom stereocenters. The van der Waals surface area contributed by atoms with E-state index in [1.165, 1.54) is 17.4 Å². The zero-order valence-electron chi connectivity index (χ0n) is 13.3. The van der Waals surface area contributed by atoms with E-state index in [0.717, 1.165) is 18.7 Å². The second kappa shape index (κ2) is 7.10. The molecule has 1 fully saturated rings. The summed E-state index contributed by atoms with van der Waals surface area (Å²) < 4.78 is 5.71. The number of nitrogens with two attached hydrogens (primary N) is 1. The second-order valence-corrected chi connectivity index (χ2v) is 6.48. The minimum Gasteiger partial charge on any atom is -0.366 e. The number of aromatic nitrogens is 3. The van der Waals surface area contributed by atoms with E-state index in [2.05, 4.69) is 22.1 Å². The Bertz CT molecular complexity index is 741. The van der Waals surface area contributed by atoms with E-state index < -0.39 is 5.91 Å². The van der Waals surface area contributed by atoms with Gasteiger partial charge in [-0.2, -0.15) is 5.10 Å². The van der Waals surface area contributed by atoms with Gasteiger partial charge in [0.25, 0.3) is 5.91 Å². The fourth-order valence-electron chi connectivity index (χ4n) is 2.53. The molecule has 0 saturated carbocycles. The Morgan fingerprint density at radius 1 is 1.54 bits per heavy atom. The first-order chi connectivity index (χ1) is 11.6. The van der Waals surface area contributed by atoms with Crippen molar-refractivity contribution in [2.75, 3.05) is 19.7 Å². The number of carbonyl (C=O) groups excluding carboxylic acids is 2. The molecule has 0 aliphatic carbocycles. The molecule has 2 amide bonds. The smallest absolute Gasteiger partial charge is 0.264 e. The highest BCUT2D eigenvalue weighted by Gasteiger charge is 2.29. The van der Waals surface area contributed by atoms with Crippen molar-refractivity contribution in [2.45, 2.75) is 25.9 Å². The highest BCUT2D eigenvalue weighted by Crippen LogP contribution is 2.23. The highest BCUT2D eigenvalue weighted by atomic mass is 32.1. The standard InChI is InChI=1S/C15H19N5O3S/c1-2-3-12-17-14(19-18-12)10-7-20(4-5-23-10)15(22)11-6-9(8-24-11)13(16)21/h6,8,10H,2-5,7H2,1H3,(H2,16,21)(H,17,18,19). The van der Waals surface area contributed by atoms with Gasteiger partial charge >= 0.3 is 0 Å². The molecular weight excluding hydrogens is 330 g/mol. The number of hydrogen-bond acceptors (Lipinski definition) is 6. The number of primary amides is 1. The van der Waals surface area contributed by atoms with Crippen LogP contribution in [0.15, 0.2) is 11.4 Å². The molecule has 9 heteroatoms. The maximum Gasteiger partial charge on any atom is 0.264 e. The van der Waals surface area contributed by atoms with Gasteiger partial charge in [0.05, 0.1) is 23.6 Å². The van der Waals surface area contributed by atoms with Crippen LogP contribution in [-0.2, 0) is 11.2 Å². The molecule has 2 aromatic rings. The van der Waals surface area contributed by atoms with Crippen LogP contribution in [0.25, 0.3) is 0 Å². The van der Waals surface area contributed by atoms with Gasteiger partial charge in [0.1, 0.15) is 11.9 Å². The van der Waals surface area contributed by atoms with Crippen LogP contribution in [0.1, 0.15) is 51.1 Å². The van der Waals surface area contributed by atoms with Crippen LogP contribution in [0, 0.1) is 0 Å². The molecule has 8 nitrogen and oxygen atoms in total. The van der Waals surface area contributed by atoms with Crippen molar-refractivity contribution in [3.8, 4) is 0 Å². The predicted octanol–water partition coefficient (Wildman–Crippen LogP) is 1.13. The summed E-state index contributed by atoms with van der Waals surface area (Å²) in [5.41, 5.74) is 5.59. The summed E-state index contributed by atoms with van der Waals surface area (Å²) >= 11 is 1.22. The van der Waals surface area contributed by atoms with Crippen molar-refractivity contribution in [2.24, 2.45) is 5.73 Å². The topological polar surface area (TPSA) is 114 Å². The largest absolute Gasteiger partial charge is 0.366 e. The van der Waals surface area contributed by atoms with Gasteiger partial charge in [0, 0.05) is 18.3 Å². The number of morpholine rings is 1. The second-order valence-electron chi connectivity index (χ2n) is 5.56. The minimum absolute atomic E-state index is 0.134. The SMILES string of the molecule is CCCc1nc(C2CN(C(=O)c3cc(C(N)=O)cs3)CCO2)n[nH]1. The number of aromatic amines is 1. The zero-order chi connectivity index (χ0) is 17.1. The van der Waals surface area contributed by atoms with Crippen LogP contribution in [0.3, 0.4) is 0 Å². The van der Waals surface area contributed by atoms with Crippen molar-refractivity contribution in [3.05, 3.63) is 33.5 Å². The number of thiophene rings is 1. The number of amides is 2. The molecule has 24 heavy (non-hydrogen) atoms. The zero-order valence-corrected chi connectivity index (χ0v) is 14.1. The highest BCUT2D eigenvalue weighted by molar-refractivity contribution is 7.12. The van der Waals surface area contributed by atoms with Gasteiger partial charge in [0.2, 0.25) is 5.91 Å². The number of nitrogens with zero attached hydrogens (tertiary/aromatic N) is 3. The fourth-order valence-corrected chi connectivity index (χ4v) is 3.39. The Morgan fingerprint density at radius 3 is 3.08 bits per heavy atom. The molecule has 3 rings (SSSR count). The van der Waals surface area contributed by atoms with Gasteiger partial charge in [-0.25, -0.2) is 4.98 Å². The summed E-state index contributed by atoms with van der Waals surface area (Å²) in [6.07, 6.45) is 1.46. The lowest BCUT2D eigenvalue weighted by Gasteiger charge is -2.31. The Kier molecular flexibility index (Phi) is 4.91. The molecule has 0 radical (unpaired) electrons. The van der Waals surface area contributed by atoms with Crippen LogP contribution >= 0.6 is 11.3 Å². The first-order valence-corrected chi connectivity index (χ1v) is 8.66. The normalized spacial score (nSPS) is 17.9. The quantitative estimate of drug-likeness (QED) is 0.840. The number of carbonyl (C=O) groups is 2. The maximum atomic E-state index is 12.6. The van der Waals surface area contributed by atoms with Crippen LogP contribution in [0.4, 0.5) is 0 Å². The molecular formula is C15H19N5O3S. The van der Waals surface area contributed by atoms with E-state index in [-0.39, 0.29) is 12.0 Å². The molecule has 3 heterocycles. The lowest BCUT2D eigenvalue weighted by atomic mass is 10.2. The van der Waals surface area contributed by atoms with E-state index in [0.29, 0.717) is 36.0 Å². The van der Waals surface area contributed by atoms with Gasteiger partial charge in [-0.15, -0.1) is 11.3 Å². The summed E-state index contributed by atoms with van der Waals surface area (Å²) in [4.78, 5) is 30.4. The van der Waals surface area contributed by atoms with E-state index >= 15 is 0 Å². The average Bonchev–Trinajstić information content (AvgIpc) is 3.24. The molecule has 1 unspecified atom stereocenters. The minimum atomic E-state index is -0.533. The van der Waals surface area contributed by atoms with Crippen molar-refractivity contribution in [1.82, 2.24) is 20.1 Å². The Balaban J connectivity index is 1.69. The molecule has 1 saturated heterocycles. The number of rotatable bonds is 5. The monoisotopic (exact) mass is 349 g/mol. The summed E-state index contributed by atoms with van der Waals surface area (Å²) in [5, 5.41) is 8.69. The summed E-state index contributed by atoms with van der Waals surface area (Å²) in [6.45, 7) is 3.36. The number of hydrogen-bond donors (Lipinski definition) is 2.